The lowest BCUT2D eigenvalue weighted by Gasteiger charge is -2.37. The Morgan fingerprint density at radius 3 is 1.95 bits per heavy atom. The Balaban J connectivity index is 2.19. The minimum Gasteiger partial charge on any atom is -0.428 e. The standard InChI is InChI=1S/C26H19F11N2O2/c27-18-8-6-16(7-9-18)23(13-15-4-2-1-3-5-15,39-22(40)38-14-24(31,32)26(35,36)37)17-10-19(28)12-20(11-17)41-25(33,34)21(29)30/h1-12,21H,13-14H2,(H2,38,39,40)/t23-/m1/s1. The monoisotopic (exact) mass is 600 g/mol. The number of hydrogen-bond donors (Lipinski definition) is 2. The van der Waals surface area contributed by atoms with Crippen molar-refractivity contribution in [2.24, 2.45) is 0 Å². The van der Waals surface area contributed by atoms with Crippen molar-refractivity contribution in [3.63, 3.8) is 0 Å². The summed E-state index contributed by atoms with van der Waals surface area (Å²) in [5, 5.41) is 3.53. The fraction of sp³-hybridized carbons (Fsp3) is 0.269. The Labute approximate surface area is 225 Å². The topological polar surface area (TPSA) is 50.4 Å². The van der Waals surface area contributed by atoms with Crippen LogP contribution in [0, 0.1) is 11.6 Å². The lowest BCUT2D eigenvalue weighted by atomic mass is 9.77. The van der Waals surface area contributed by atoms with Gasteiger partial charge in [0, 0.05) is 12.5 Å². The fourth-order valence-corrected chi connectivity index (χ4v) is 3.80. The van der Waals surface area contributed by atoms with Gasteiger partial charge >= 0.3 is 30.7 Å². The third-order valence-corrected chi connectivity index (χ3v) is 5.73. The van der Waals surface area contributed by atoms with Crippen LogP contribution in [0.15, 0.2) is 72.8 Å². The van der Waals surface area contributed by atoms with Gasteiger partial charge in [-0.2, -0.15) is 39.5 Å². The molecule has 1 atom stereocenters. The van der Waals surface area contributed by atoms with E-state index >= 15 is 0 Å². The predicted molar refractivity (Wildman–Crippen MR) is 123 cm³/mol. The summed E-state index contributed by atoms with van der Waals surface area (Å²) in [4.78, 5) is 12.8. The Morgan fingerprint density at radius 1 is 0.780 bits per heavy atom. The molecule has 0 saturated carbocycles. The summed E-state index contributed by atoms with van der Waals surface area (Å²) in [7, 11) is 0. The first kappa shape index (κ1) is 31.5. The summed E-state index contributed by atoms with van der Waals surface area (Å²) in [5.74, 6) is -8.65. The van der Waals surface area contributed by atoms with Crippen LogP contribution in [-0.4, -0.2) is 37.2 Å². The molecule has 3 aromatic carbocycles. The van der Waals surface area contributed by atoms with Gasteiger partial charge in [-0.3, -0.25) is 0 Å². The molecule has 2 N–H and O–H groups in total. The van der Waals surface area contributed by atoms with Gasteiger partial charge in [0.1, 0.15) is 17.4 Å². The molecule has 41 heavy (non-hydrogen) atoms. The molecule has 0 fully saturated rings. The first-order valence-corrected chi connectivity index (χ1v) is 11.4. The molecular formula is C26H19F11N2O2. The Morgan fingerprint density at radius 2 is 1.39 bits per heavy atom. The van der Waals surface area contributed by atoms with Gasteiger partial charge in [-0.15, -0.1) is 0 Å². The van der Waals surface area contributed by atoms with E-state index in [1.165, 1.54) is 29.6 Å². The number of nitrogens with one attached hydrogen (secondary N) is 2. The van der Waals surface area contributed by atoms with Crippen LogP contribution in [0.1, 0.15) is 16.7 Å². The molecule has 4 nitrogen and oxygen atoms in total. The van der Waals surface area contributed by atoms with E-state index in [2.05, 4.69) is 10.1 Å². The molecule has 0 aliphatic rings. The van der Waals surface area contributed by atoms with E-state index in [0.717, 1.165) is 24.3 Å². The van der Waals surface area contributed by atoms with E-state index in [9.17, 15) is 53.1 Å². The first-order valence-electron chi connectivity index (χ1n) is 11.4. The number of hydrogen-bond acceptors (Lipinski definition) is 2. The number of ether oxygens (including phenoxy) is 1. The molecule has 0 saturated heterocycles. The zero-order valence-corrected chi connectivity index (χ0v) is 20.4. The second-order valence-corrected chi connectivity index (χ2v) is 8.72. The van der Waals surface area contributed by atoms with E-state index in [1.807, 2.05) is 0 Å². The maximum absolute atomic E-state index is 14.7. The zero-order chi connectivity index (χ0) is 30.6. The van der Waals surface area contributed by atoms with Crippen LogP contribution in [0.2, 0.25) is 0 Å². The number of amides is 2. The first-order chi connectivity index (χ1) is 18.9. The smallest absolute Gasteiger partial charge is 0.428 e. The highest BCUT2D eigenvalue weighted by atomic mass is 19.4. The van der Waals surface area contributed by atoms with E-state index in [-0.39, 0.29) is 5.56 Å². The van der Waals surface area contributed by atoms with Crippen LogP contribution in [0.25, 0.3) is 0 Å². The zero-order valence-electron chi connectivity index (χ0n) is 20.4. The second kappa shape index (κ2) is 11.8. The van der Waals surface area contributed by atoms with Crippen LogP contribution < -0.4 is 15.4 Å². The van der Waals surface area contributed by atoms with E-state index < -0.39 is 72.1 Å². The van der Waals surface area contributed by atoms with Gasteiger partial charge in [0.25, 0.3) is 0 Å². The molecule has 0 aliphatic heterocycles. The minimum absolute atomic E-state index is 0.127. The average molecular weight is 600 g/mol. The van der Waals surface area contributed by atoms with Crippen molar-refractivity contribution in [1.82, 2.24) is 10.6 Å². The van der Waals surface area contributed by atoms with Crippen molar-refractivity contribution < 1.29 is 57.8 Å². The van der Waals surface area contributed by atoms with Crippen molar-refractivity contribution in [2.75, 3.05) is 6.54 Å². The maximum atomic E-state index is 14.7. The van der Waals surface area contributed by atoms with Crippen LogP contribution in [0.5, 0.6) is 5.75 Å². The summed E-state index contributed by atoms with van der Waals surface area (Å²) in [5.41, 5.74) is -2.50. The lowest BCUT2D eigenvalue weighted by Crippen LogP contribution is -2.55. The maximum Gasteiger partial charge on any atom is 0.461 e. The minimum atomic E-state index is -6.02. The fourth-order valence-electron chi connectivity index (χ4n) is 3.80. The van der Waals surface area contributed by atoms with E-state index in [4.69, 9.17) is 0 Å². The van der Waals surface area contributed by atoms with Crippen LogP contribution in [-0.2, 0) is 12.0 Å². The van der Waals surface area contributed by atoms with Gasteiger partial charge in [0.2, 0.25) is 0 Å². The van der Waals surface area contributed by atoms with Crippen LogP contribution in [0.4, 0.5) is 53.1 Å². The highest BCUT2D eigenvalue weighted by Gasteiger charge is 2.57. The molecule has 3 aromatic rings. The van der Waals surface area contributed by atoms with Crippen LogP contribution in [0.3, 0.4) is 0 Å². The molecule has 0 radical (unpaired) electrons. The van der Waals surface area contributed by atoms with Gasteiger partial charge in [-0.1, -0.05) is 42.5 Å². The highest BCUT2D eigenvalue weighted by molar-refractivity contribution is 5.76. The normalized spacial score (nSPS) is 14.0. The molecule has 3 rings (SSSR count). The summed E-state index contributed by atoms with van der Waals surface area (Å²) < 4.78 is 150. The van der Waals surface area contributed by atoms with Gasteiger partial charge in [-0.05, 0) is 41.0 Å². The number of benzene rings is 3. The van der Waals surface area contributed by atoms with Crippen molar-refractivity contribution in [3.05, 3.63) is 101 Å². The van der Waals surface area contributed by atoms with E-state index in [1.54, 1.807) is 6.07 Å². The summed E-state index contributed by atoms with van der Waals surface area (Å²) in [6.45, 7) is -2.22. The third-order valence-electron chi connectivity index (χ3n) is 5.73. The Hall–Kier alpha value is -4.04. The molecule has 0 unspecified atom stereocenters. The van der Waals surface area contributed by atoms with Crippen molar-refractivity contribution in [2.45, 2.75) is 36.6 Å². The van der Waals surface area contributed by atoms with Gasteiger partial charge in [0.05, 0.1) is 12.1 Å². The summed E-state index contributed by atoms with van der Waals surface area (Å²) in [6.07, 6.45) is -15.9. The largest absolute Gasteiger partial charge is 0.461 e. The number of rotatable bonds is 10. The SMILES string of the molecule is O=C(NCC(F)(F)C(F)(F)F)N[C@](Cc1ccccc1)(c1ccc(F)cc1)c1cc(F)cc(OC(F)(F)C(F)F)c1. The molecule has 222 valence electrons. The highest BCUT2D eigenvalue weighted by Crippen LogP contribution is 2.38. The van der Waals surface area contributed by atoms with Gasteiger partial charge < -0.3 is 15.4 Å². The predicted octanol–water partition coefficient (Wildman–Crippen LogP) is 7.18. The molecule has 0 bridgehead atoms. The molecular weight excluding hydrogens is 581 g/mol. The van der Waals surface area contributed by atoms with Gasteiger partial charge in [-0.25, -0.2) is 13.6 Å². The number of carbonyl (C=O) groups is 1. The number of urea groups is 1. The van der Waals surface area contributed by atoms with Gasteiger partial charge in [0.15, 0.2) is 0 Å². The Kier molecular flexibility index (Phi) is 9.08. The Bertz CT molecular complexity index is 1330. The number of alkyl halides is 9. The van der Waals surface area contributed by atoms with Crippen molar-refractivity contribution in [3.8, 4) is 5.75 Å². The number of halogens is 11. The molecule has 0 heterocycles. The molecule has 2 amide bonds. The summed E-state index contributed by atoms with van der Waals surface area (Å²) >= 11 is 0. The molecule has 0 aromatic heterocycles. The quantitative estimate of drug-likeness (QED) is 0.242. The molecule has 0 aliphatic carbocycles. The van der Waals surface area contributed by atoms with Crippen molar-refractivity contribution >= 4 is 6.03 Å². The average Bonchev–Trinajstić information content (AvgIpc) is 2.87. The molecule has 15 heteroatoms. The lowest BCUT2D eigenvalue weighted by molar-refractivity contribution is -0.278. The van der Waals surface area contributed by atoms with E-state index in [0.29, 0.717) is 23.8 Å². The molecule has 0 spiro atoms. The summed E-state index contributed by atoms with van der Waals surface area (Å²) in [6, 6.07) is 11.3. The number of carbonyl (C=O) groups excluding carboxylic acids is 1. The van der Waals surface area contributed by atoms with Crippen LogP contribution >= 0.6 is 0 Å². The third kappa shape index (κ3) is 7.58. The van der Waals surface area contributed by atoms with Crippen molar-refractivity contribution in [1.29, 1.82) is 0 Å². The second-order valence-electron chi connectivity index (χ2n) is 8.72.